The summed E-state index contributed by atoms with van der Waals surface area (Å²) >= 11 is 0. The van der Waals surface area contributed by atoms with Crippen LogP contribution in [-0.2, 0) is 21.7 Å². The van der Waals surface area contributed by atoms with E-state index in [1.165, 1.54) is 12.0 Å². The lowest BCUT2D eigenvalue weighted by Crippen LogP contribution is -2.52. The highest BCUT2D eigenvalue weighted by Crippen LogP contribution is 2.35. The fraction of sp³-hybridized carbons (Fsp3) is 0.292. The third-order valence-corrected chi connectivity index (χ3v) is 6.70. The van der Waals surface area contributed by atoms with E-state index in [9.17, 15) is 19.2 Å². The number of urea groups is 1. The van der Waals surface area contributed by atoms with Crippen LogP contribution in [0.4, 0.5) is 10.6 Å². The summed E-state index contributed by atoms with van der Waals surface area (Å²) in [6.45, 7) is 0.716. The smallest absolute Gasteiger partial charge is 0.322 e. The van der Waals surface area contributed by atoms with E-state index in [1.807, 2.05) is 0 Å². The molecule has 35 heavy (non-hydrogen) atoms. The van der Waals surface area contributed by atoms with Crippen molar-refractivity contribution in [1.82, 2.24) is 20.5 Å². The third-order valence-electron chi connectivity index (χ3n) is 6.70. The number of pyridine rings is 1. The molecular weight excluding hydrogens is 454 g/mol. The van der Waals surface area contributed by atoms with Gasteiger partial charge in [-0.1, -0.05) is 6.07 Å². The molecule has 3 aromatic rings. The van der Waals surface area contributed by atoms with Crippen molar-refractivity contribution in [1.29, 1.82) is 0 Å². The van der Waals surface area contributed by atoms with Gasteiger partial charge in [0.2, 0.25) is 5.91 Å². The van der Waals surface area contributed by atoms with Crippen molar-refractivity contribution in [3.8, 4) is 5.75 Å². The van der Waals surface area contributed by atoms with Crippen LogP contribution in [0.15, 0.2) is 40.8 Å². The highest BCUT2D eigenvalue weighted by Gasteiger charge is 2.53. The molecule has 1 aromatic carbocycles. The number of fused-ring (bicyclic) bond motifs is 2. The highest BCUT2D eigenvalue weighted by molar-refractivity contribution is 6.08. The number of furan rings is 1. The molecule has 2 saturated heterocycles. The van der Waals surface area contributed by atoms with Gasteiger partial charge in [-0.05, 0) is 36.2 Å². The number of rotatable bonds is 5. The normalized spacial score (nSPS) is 21.6. The van der Waals surface area contributed by atoms with Gasteiger partial charge in [0.15, 0.2) is 11.1 Å². The Bertz CT molecular complexity index is 1430. The van der Waals surface area contributed by atoms with E-state index in [1.54, 1.807) is 41.3 Å². The molecule has 1 unspecified atom stereocenters. The van der Waals surface area contributed by atoms with Crippen molar-refractivity contribution in [2.45, 2.75) is 24.9 Å². The van der Waals surface area contributed by atoms with Gasteiger partial charge in [-0.15, -0.1) is 0 Å². The first kappa shape index (κ1) is 21.1. The van der Waals surface area contributed by atoms with Crippen LogP contribution in [0.5, 0.6) is 5.75 Å². The lowest BCUT2D eigenvalue weighted by molar-refractivity contribution is -0.125. The highest BCUT2D eigenvalue weighted by atomic mass is 16.5. The molecule has 3 aliphatic rings. The molecule has 0 radical (unpaired) electrons. The summed E-state index contributed by atoms with van der Waals surface area (Å²) in [4.78, 5) is 58.2. The molecule has 2 aromatic heterocycles. The van der Waals surface area contributed by atoms with Crippen LogP contribution in [-0.4, -0.2) is 53.8 Å². The molecule has 3 aliphatic heterocycles. The van der Waals surface area contributed by atoms with Crippen LogP contribution in [0.1, 0.15) is 34.5 Å². The first-order valence-corrected chi connectivity index (χ1v) is 11.2. The van der Waals surface area contributed by atoms with E-state index in [0.717, 1.165) is 12.0 Å². The lowest BCUT2D eigenvalue weighted by Gasteiger charge is -2.28. The summed E-state index contributed by atoms with van der Waals surface area (Å²) in [6.07, 6.45) is 1.24. The molecule has 6 rings (SSSR count). The number of methoxy groups -OCH3 is 1. The zero-order chi connectivity index (χ0) is 24.3. The van der Waals surface area contributed by atoms with E-state index in [0.29, 0.717) is 41.2 Å². The fourth-order valence-electron chi connectivity index (χ4n) is 4.90. The van der Waals surface area contributed by atoms with Crippen molar-refractivity contribution >= 4 is 40.7 Å². The standard InChI is InChI=1S/C24H21N5O6/c1-34-14-5-4-13-11-28(21(31)15(13)9-14)12-24(22(32)26-23(33)27-24)18-10-16-17(35-18)6-7-19(25-16)29-8-2-3-20(29)30/h4-7,9-10H,2-3,8,11-12H2,1H3,(H2,26,27,32,33). The number of nitrogens with zero attached hydrogens (tertiary/aromatic N) is 3. The summed E-state index contributed by atoms with van der Waals surface area (Å²) in [5.41, 5.74) is 0.469. The number of hydrogen-bond donors (Lipinski definition) is 2. The lowest BCUT2D eigenvalue weighted by atomic mass is 9.95. The first-order valence-electron chi connectivity index (χ1n) is 11.2. The molecule has 2 fully saturated rings. The van der Waals surface area contributed by atoms with E-state index >= 15 is 0 Å². The number of hydrogen-bond acceptors (Lipinski definition) is 7. The minimum atomic E-state index is -1.64. The maximum atomic E-state index is 13.2. The molecule has 0 aliphatic carbocycles. The average molecular weight is 475 g/mol. The number of imide groups is 1. The van der Waals surface area contributed by atoms with Crippen LogP contribution >= 0.6 is 0 Å². The largest absolute Gasteiger partial charge is 0.497 e. The second-order valence-corrected chi connectivity index (χ2v) is 8.81. The molecule has 1 atom stereocenters. The molecule has 0 spiro atoms. The number of benzene rings is 1. The molecule has 5 heterocycles. The zero-order valence-electron chi connectivity index (χ0n) is 18.8. The summed E-state index contributed by atoms with van der Waals surface area (Å²) in [5, 5.41) is 4.92. The van der Waals surface area contributed by atoms with Gasteiger partial charge in [0.1, 0.15) is 22.8 Å². The zero-order valence-corrected chi connectivity index (χ0v) is 18.8. The Labute approximate surface area is 199 Å². The van der Waals surface area contributed by atoms with E-state index in [-0.39, 0.29) is 30.7 Å². The second-order valence-electron chi connectivity index (χ2n) is 8.81. The van der Waals surface area contributed by atoms with Crippen LogP contribution in [0, 0.1) is 0 Å². The number of anilines is 1. The Morgan fingerprint density at radius 1 is 1.14 bits per heavy atom. The topological polar surface area (TPSA) is 134 Å². The molecule has 0 saturated carbocycles. The van der Waals surface area contributed by atoms with E-state index in [2.05, 4.69) is 15.6 Å². The molecule has 178 valence electrons. The minimum absolute atomic E-state index is 0.00298. The molecule has 0 bridgehead atoms. The van der Waals surface area contributed by atoms with Crippen LogP contribution < -0.4 is 20.3 Å². The van der Waals surface area contributed by atoms with Crippen molar-refractivity contribution in [3.63, 3.8) is 0 Å². The second kappa shape index (κ2) is 7.55. The predicted octanol–water partition coefficient (Wildman–Crippen LogP) is 1.65. The number of aromatic nitrogens is 1. The molecule has 5 amide bonds. The van der Waals surface area contributed by atoms with Gasteiger partial charge in [0, 0.05) is 31.1 Å². The Hall–Kier alpha value is -4.41. The van der Waals surface area contributed by atoms with Gasteiger partial charge >= 0.3 is 6.03 Å². The van der Waals surface area contributed by atoms with Crippen LogP contribution in [0.3, 0.4) is 0 Å². The van der Waals surface area contributed by atoms with Crippen LogP contribution in [0.25, 0.3) is 11.1 Å². The maximum Gasteiger partial charge on any atom is 0.322 e. The fourth-order valence-corrected chi connectivity index (χ4v) is 4.90. The number of nitrogens with one attached hydrogen (secondary N) is 2. The van der Waals surface area contributed by atoms with Crippen molar-refractivity contribution in [2.24, 2.45) is 0 Å². The van der Waals surface area contributed by atoms with Crippen molar-refractivity contribution in [2.75, 3.05) is 25.1 Å². The molecule has 11 heteroatoms. The Balaban J connectivity index is 1.37. The van der Waals surface area contributed by atoms with Gasteiger partial charge in [-0.25, -0.2) is 9.78 Å². The van der Waals surface area contributed by atoms with Gasteiger partial charge in [-0.2, -0.15) is 0 Å². The van der Waals surface area contributed by atoms with Crippen molar-refractivity contribution in [3.05, 3.63) is 53.3 Å². The summed E-state index contributed by atoms with van der Waals surface area (Å²) in [5.74, 6) is 0.295. The van der Waals surface area contributed by atoms with Gasteiger partial charge < -0.3 is 19.4 Å². The van der Waals surface area contributed by atoms with E-state index in [4.69, 9.17) is 9.15 Å². The van der Waals surface area contributed by atoms with Crippen molar-refractivity contribution < 1.29 is 28.3 Å². The Kier molecular flexibility index (Phi) is 4.56. The third kappa shape index (κ3) is 3.22. The van der Waals surface area contributed by atoms with Gasteiger partial charge in [0.25, 0.3) is 11.8 Å². The van der Waals surface area contributed by atoms with Crippen LogP contribution in [0.2, 0.25) is 0 Å². The molecular formula is C24H21N5O6. The Morgan fingerprint density at radius 2 is 2.00 bits per heavy atom. The van der Waals surface area contributed by atoms with E-state index < -0.39 is 17.5 Å². The summed E-state index contributed by atoms with van der Waals surface area (Å²) in [6, 6.07) is 9.48. The molecule has 2 N–H and O–H groups in total. The first-order chi connectivity index (χ1) is 16.9. The average Bonchev–Trinajstić information content (AvgIpc) is 3.60. The monoisotopic (exact) mass is 475 g/mol. The predicted molar refractivity (Wildman–Crippen MR) is 122 cm³/mol. The SMILES string of the molecule is COc1ccc2c(c1)C(=O)N(CC1(c3cc4nc(N5CCCC5=O)ccc4o3)NC(=O)NC1=O)C2. The Morgan fingerprint density at radius 3 is 2.71 bits per heavy atom. The molecule has 11 nitrogen and oxygen atoms in total. The minimum Gasteiger partial charge on any atom is -0.497 e. The summed E-state index contributed by atoms with van der Waals surface area (Å²) in [7, 11) is 1.52. The van der Waals surface area contributed by atoms with Gasteiger partial charge in [-0.3, -0.25) is 24.6 Å². The summed E-state index contributed by atoms with van der Waals surface area (Å²) < 4.78 is 11.2. The quantitative estimate of drug-likeness (QED) is 0.536. The van der Waals surface area contributed by atoms with Gasteiger partial charge in [0.05, 0.1) is 13.7 Å². The number of amides is 5. The number of ether oxygens (including phenoxy) is 1. The maximum absolute atomic E-state index is 13.2. The number of carbonyl (C=O) groups excluding carboxylic acids is 4. The number of carbonyl (C=O) groups is 4.